The molecule has 0 aliphatic carbocycles. The first-order valence-corrected chi connectivity index (χ1v) is 7.97. The average Bonchev–Trinajstić information content (AvgIpc) is 2.38. The second-order valence-corrected chi connectivity index (χ2v) is 5.96. The number of carboxylic acid groups (broad SMARTS) is 1. The predicted octanol–water partition coefficient (Wildman–Crippen LogP) is 4.16. The van der Waals surface area contributed by atoms with Gasteiger partial charge in [0, 0.05) is 0 Å². The lowest BCUT2D eigenvalue weighted by Gasteiger charge is -2.11. The summed E-state index contributed by atoms with van der Waals surface area (Å²) in [6, 6.07) is 2.84. The molecule has 1 aromatic carbocycles. The van der Waals surface area contributed by atoms with Gasteiger partial charge in [-0.05, 0) is 24.3 Å². The van der Waals surface area contributed by atoms with Gasteiger partial charge in [-0.3, -0.25) is 4.79 Å². The van der Waals surface area contributed by atoms with E-state index in [4.69, 9.17) is 28.3 Å². The van der Waals surface area contributed by atoms with Crippen LogP contribution in [0.3, 0.4) is 0 Å². The molecule has 0 spiro atoms. The second kappa shape index (κ2) is 8.39. The minimum atomic E-state index is -1.23. The quantitative estimate of drug-likeness (QED) is 0.734. The van der Waals surface area contributed by atoms with Gasteiger partial charge in [0.1, 0.15) is 5.56 Å². The highest BCUT2D eigenvalue weighted by Gasteiger charge is 2.19. The van der Waals surface area contributed by atoms with Crippen LogP contribution in [0.15, 0.2) is 12.1 Å². The number of carbonyl (C=O) groups excluding carboxylic acids is 1. The highest BCUT2D eigenvalue weighted by molar-refractivity contribution is 7.99. The van der Waals surface area contributed by atoms with Crippen molar-refractivity contribution in [3.8, 4) is 0 Å². The van der Waals surface area contributed by atoms with Crippen molar-refractivity contribution in [2.24, 2.45) is 0 Å². The number of nitrogens with one attached hydrogen (secondary N) is 1. The molecule has 7 heteroatoms. The normalized spacial score (nSPS) is 10.3. The highest BCUT2D eigenvalue weighted by Crippen LogP contribution is 2.32. The number of aromatic carboxylic acids is 1. The summed E-state index contributed by atoms with van der Waals surface area (Å²) in [6.07, 6.45) is 2.11. The number of hydrogen-bond acceptors (Lipinski definition) is 3. The third-order valence-electron chi connectivity index (χ3n) is 2.46. The standard InChI is InChI=1S/C13H15Cl2NO3S/c1-2-3-6-20-7-10(17)16-12-9(15)5-4-8(14)11(12)13(18)19/h4-5H,2-3,6-7H2,1H3,(H,16,17)(H,18,19). The summed E-state index contributed by atoms with van der Waals surface area (Å²) in [7, 11) is 0. The van der Waals surface area contributed by atoms with Crippen molar-refractivity contribution < 1.29 is 14.7 Å². The summed E-state index contributed by atoms with van der Waals surface area (Å²) < 4.78 is 0. The molecule has 0 unspecified atom stereocenters. The Morgan fingerprint density at radius 1 is 1.30 bits per heavy atom. The molecule has 0 saturated heterocycles. The molecule has 4 nitrogen and oxygen atoms in total. The largest absolute Gasteiger partial charge is 0.478 e. The Morgan fingerprint density at radius 2 is 1.95 bits per heavy atom. The number of carbonyl (C=O) groups is 2. The van der Waals surface area contributed by atoms with Crippen molar-refractivity contribution in [1.82, 2.24) is 0 Å². The molecule has 0 saturated carbocycles. The molecule has 1 amide bonds. The molecule has 110 valence electrons. The summed E-state index contributed by atoms with van der Waals surface area (Å²) in [5, 5.41) is 11.8. The number of amides is 1. The molecule has 2 N–H and O–H groups in total. The Hall–Kier alpha value is -0.910. The van der Waals surface area contributed by atoms with Gasteiger partial charge in [-0.2, -0.15) is 11.8 Å². The van der Waals surface area contributed by atoms with E-state index in [0.717, 1.165) is 18.6 Å². The fraction of sp³-hybridized carbons (Fsp3) is 0.385. The number of carboxylic acids is 1. The fourth-order valence-corrected chi connectivity index (χ4v) is 2.81. The molecule has 0 aliphatic heterocycles. The highest BCUT2D eigenvalue weighted by atomic mass is 35.5. The Balaban J connectivity index is 2.79. The maximum absolute atomic E-state index is 11.8. The van der Waals surface area contributed by atoms with Crippen LogP contribution in [0.25, 0.3) is 0 Å². The molecule has 0 fully saturated rings. The van der Waals surface area contributed by atoms with Crippen molar-refractivity contribution in [3.05, 3.63) is 27.7 Å². The molecule has 0 aliphatic rings. The SMILES string of the molecule is CCCCSCC(=O)Nc1c(Cl)ccc(Cl)c1C(=O)O. The smallest absolute Gasteiger partial charge is 0.339 e. The lowest BCUT2D eigenvalue weighted by atomic mass is 10.1. The monoisotopic (exact) mass is 335 g/mol. The number of rotatable bonds is 7. The molecule has 20 heavy (non-hydrogen) atoms. The molecule has 0 aromatic heterocycles. The minimum absolute atomic E-state index is 0.0378. The zero-order chi connectivity index (χ0) is 15.1. The van der Waals surface area contributed by atoms with E-state index in [1.807, 2.05) is 0 Å². The van der Waals surface area contributed by atoms with Gasteiger partial charge >= 0.3 is 5.97 Å². The maximum atomic E-state index is 11.8. The zero-order valence-electron chi connectivity index (χ0n) is 10.9. The lowest BCUT2D eigenvalue weighted by Crippen LogP contribution is -2.17. The first kappa shape index (κ1) is 17.1. The first-order valence-electron chi connectivity index (χ1n) is 6.06. The van der Waals surface area contributed by atoms with Crippen molar-refractivity contribution in [2.45, 2.75) is 19.8 Å². The van der Waals surface area contributed by atoms with Crippen molar-refractivity contribution in [1.29, 1.82) is 0 Å². The van der Waals surface area contributed by atoms with E-state index >= 15 is 0 Å². The predicted molar refractivity (Wildman–Crippen MR) is 84.3 cm³/mol. The van der Waals surface area contributed by atoms with Crippen LogP contribution in [0.5, 0.6) is 0 Å². The summed E-state index contributed by atoms with van der Waals surface area (Å²) >= 11 is 13.3. The Morgan fingerprint density at radius 3 is 2.55 bits per heavy atom. The molecule has 1 rings (SSSR count). The zero-order valence-corrected chi connectivity index (χ0v) is 13.2. The van der Waals surface area contributed by atoms with Crippen LogP contribution in [0.1, 0.15) is 30.1 Å². The lowest BCUT2D eigenvalue weighted by molar-refractivity contribution is -0.113. The summed E-state index contributed by atoms with van der Waals surface area (Å²) in [4.78, 5) is 23.0. The van der Waals surface area contributed by atoms with E-state index in [0.29, 0.717) is 0 Å². The van der Waals surface area contributed by atoms with E-state index in [2.05, 4.69) is 12.2 Å². The third kappa shape index (κ3) is 4.89. The number of anilines is 1. The summed E-state index contributed by atoms with van der Waals surface area (Å²) in [5.41, 5.74) is -0.140. The van der Waals surface area contributed by atoms with Gasteiger partial charge in [0.05, 0.1) is 21.5 Å². The Labute approximate surface area is 131 Å². The molecule has 0 radical (unpaired) electrons. The molecular formula is C13H15Cl2NO3S. The van der Waals surface area contributed by atoms with E-state index in [1.165, 1.54) is 23.9 Å². The fourth-order valence-electron chi connectivity index (χ4n) is 1.47. The number of thioether (sulfide) groups is 1. The van der Waals surface area contributed by atoms with Gasteiger partial charge < -0.3 is 10.4 Å². The minimum Gasteiger partial charge on any atom is -0.478 e. The number of unbranched alkanes of at least 4 members (excludes halogenated alkanes) is 1. The van der Waals surface area contributed by atoms with Gasteiger partial charge in [-0.1, -0.05) is 36.5 Å². The molecule has 0 heterocycles. The van der Waals surface area contributed by atoms with E-state index < -0.39 is 5.97 Å². The second-order valence-electron chi connectivity index (χ2n) is 4.04. The molecule has 0 atom stereocenters. The van der Waals surface area contributed by atoms with Gasteiger partial charge in [0.2, 0.25) is 5.91 Å². The van der Waals surface area contributed by atoms with Crippen LogP contribution in [0.4, 0.5) is 5.69 Å². The molecule has 1 aromatic rings. The van der Waals surface area contributed by atoms with Gasteiger partial charge in [-0.25, -0.2) is 4.79 Å². The topological polar surface area (TPSA) is 66.4 Å². The van der Waals surface area contributed by atoms with Gasteiger partial charge in [0.15, 0.2) is 0 Å². The van der Waals surface area contributed by atoms with Crippen LogP contribution in [0, 0.1) is 0 Å². The van der Waals surface area contributed by atoms with Gasteiger partial charge in [0.25, 0.3) is 0 Å². The van der Waals surface area contributed by atoms with E-state index in [1.54, 1.807) is 0 Å². The summed E-state index contributed by atoms with van der Waals surface area (Å²) in [5.74, 6) is -0.384. The van der Waals surface area contributed by atoms with Crippen molar-refractivity contribution >= 4 is 52.5 Å². The first-order chi connectivity index (χ1) is 9.47. The Bertz CT molecular complexity index is 509. The van der Waals surface area contributed by atoms with E-state index in [-0.39, 0.29) is 33.0 Å². The third-order valence-corrected chi connectivity index (χ3v) is 4.13. The number of benzene rings is 1. The van der Waals surface area contributed by atoms with Crippen molar-refractivity contribution in [2.75, 3.05) is 16.8 Å². The van der Waals surface area contributed by atoms with Crippen LogP contribution in [-0.4, -0.2) is 28.5 Å². The van der Waals surface area contributed by atoms with Gasteiger partial charge in [-0.15, -0.1) is 0 Å². The molecular weight excluding hydrogens is 321 g/mol. The van der Waals surface area contributed by atoms with Crippen LogP contribution in [-0.2, 0) is 4.79 Å². The van der Waals surface area contributed by atoms with E-state index in [9.17, 15) is 9.59 Å². The number of hydrogen-bond donors (Lipinski definition) is 2. The average molecular weight is 336 g/mol. The van der Waals surface area contributed by atoms with Crippen LogP contribution in [0.2, 0.25) is 10.0 Å². The van der Waals surface area contributed by atoms with Crippen LogP contribution >= 0.6 is 35.0 Å². The Kier molecular flexibility index (Phi) is 7.19. The molecule has 0 bridgehead atoms. The van der Waals surface area contributed by atoms with Crippen molar-refractivity contribution in [3.63, 3.8) is 0 Å². The maximum Gasteiger partial charge on any atom is 0.339 e. The summed E-state index contributed by atoms with van der Waals surface area (Å²) in [6.45, 7) is 2.07. The van der Waals surface area contributed by atoms with Crippen LogP contribution < -0.4 is 5.32 Å². The number of halogens is 2.